The van der Waals surface area contributed by atoms with Crippen LogP contribution in [-0.4, -0.2) is 57.3 Å². The largest absolute Gasteiger partial charge is 0.380 e. The summed E-state index contributed by atoms with van der Waals surface area (Å²) in [5, 5.41) is 8.90. The smallest absolute Gasteiger partial charge is 0.191 e. The summed E-state index contributed by atoms with van der Waals surface area (Å²) in [6, 6.07) is 2.26. The molecule has 2 N–H and O–H groups in total. The minimum absolute atomic E-state index is 0.701. The van der Waals surface area contributed by atoms with Crippen LogP contribution in [-0.2, 0) is 17.7 Å². The third kappa shape index (κ3) is 6.79. The van der Waals surface area contributed by atoms with Gasteiger partial charge < -0.3 is 15.4 Å². The molecule has 5 nitrogen and oxygen atoms in total. The quantitative estimate of drug-likeness (QED) is 0.407. The highest BCUT2D eigenvalue weighted by Gasteiger charge is 2.16. The Bertz CT molecular complexity index is 501. The van der Waals surface area contributed by atoms with Crippen molar-refractivity contribution in [2.45, 2.75) is 33.2 Å². The average molecular weight is 353 g/mol. The Morgan fingerprint density at radius 1 is 1.33 bits per heavy atom. The number of aliphatic imine (C=N–C) groups is 1. The van der Waals surface area contributed by atoms with Crippen LogP contribution in [0.2, 0.25) is 0 Å². The molecule has 1 aliphatic heterocycles. The van der Waals surface area contributed by atoms with Crippen LogP contribution in [0.25, 0.3) is 0 Å². The second kappa shape index (κ2) is 10.7. The fraction of sp³-hybridized carbons (Fsp3) is 0.722. The standard InChI is InChI=1S/C18H32N4OS/c1-15(2)5-11-23-12-8-21-18(19-3)20-7-10-22-9-4-17-16(14-22)6-13-24-17/h6,13,15H,4-5,7-12,14H2,1-3H3,(H2,19,20,21). The SMILES string of the molecule is CN=C(NCCOCCC(C)C)NCCN1CCc2sccc2C1. The molecular formula is C18H32N4OS. The van der Waals surface area contributed by atoms with Gasteiger partial charge in [0.15, 0.2) is 5.96 Å². The van der Waals surface area contributed by atoms with Gasteiger partial charge in [0.05, 0.1) is 6.61 Å². The van der Waals surface area contributed by atoms with E-state index in [9.17, 15) is 0 Å². The first-order chi connectivity index (χ1) is 11.7. The van der Waals surface area contributed by atoms with Gasteiger partial charge in [0.1, 0.15) is 0 Å². The fourth-order valence-corrected chi connectivity index (χ4v) is 3.60. The molecule has 0 unspecified atom stereocenters. The zero-order valence-electron chi connectivity index (χ0n) is 15.3. The molecule has 1 aromatic heterocycles. The average Bonchev–Trinajstić information content (AvgIpc) is 3.03. The number of hydrogen-bond acceptors (Lipinski definition) is 4. The van der Waals surface area contributed by atoms with E-state index in [0.29, 0.717) is 5.92 Å². The van der Waals surface area contributed by atoms with Crippen molar-refractivity contribution in [3.63, 3.8) is 0 Å². The number of guanidine groups is 1. The lowest BCUT2D eigenvalue weighted by atomic mass is 10.1. The summed E-state index contributed by atoms with van der Waals surface area (Å²) < 4.78 is 5.61. The maximum atomic E-state index is 5.61. The molecule has 2 rings (SSSR count). The van der Waals surface area contributed by atoms with Crippen LogP contribution in [0, 0.1) is 5.92 Å². The summed E-state index contributed by atoms with van der Waals surface area (Å²) >= 11 is 1.89. The van der Waals surface area contributed by atoms with Gasteiger partial charge in [0.2, 0.25) is 0 Å². The number of rotatable bonds is 9. The molecule has 0 amide bonds. The Hall–Kier alpha value is -1.11. The van der Waals surface area contributed by atoms with Crippen LogP contribution >= 0.6 is 11.3 Å². The highest BCUT2D eigenvalue weighted by atomic mass is 32.1. The van der Waals surface area contributed by atoms with Gasteiger partial charge in [-0.2, -0.15) is 0 Å². The molecule has 6 heteroatoms. The van der Waals surface area contributed by atoms with E-state index in [1.807, 2.05) is 18.4 Å². The van der Waals surface area contributed by atoms with E-state index in [0.717, 1.165) is 58.3 Å². The van der Waals surface area contributed by atoms with E-state index in [2.05, 4.69) is 45.8 Å². The van der Waals surface area contributed by atoms with E-state index in [1.165, 1.54) is 12.0 Å². The Morgan fingerprint density at radius 2 is 2.17 bits per heavy atom. The minimum atomic E-state index is 0.701. The van der Waals surface area contributed by atoms with Gasteiger partial charge in [-0.15, -0.1) is 11.3 Å². The van der Waals surface area contributed by atoms with Crippen molar-refractivity contribution in [3.8, 4) is 0 Å². The van der Waals surface area contributed by atoms with Gasteiger partial charge >= 0.3 is 0 Å². The predicted octanol–water partition coefficient (Wildman–Crippen LogP) is 2.33. The molecule has 0 atom stereocenters. The van der Waals surface area contributed by atoms with Crippen LogP contribution in [0.15, 0.2) is 16.4 Å². The zero-order chi connectivity index (χ0) is 17.2. The van der Waals surface area contributed by atoms with Crippen molar-refractivity contribution in [1.82, 2.24) is 15.5 Å². The molecule has 0 spiro atoms. The number of fused-ring (bicyclic) bond motifs is 1. The van der Waals surface area contributed by atoms with Crippen LogP contribution in [0.5, 0.6) is 0 Å². The molecular weight excluding hydrogens is 320 g/mol. The van der Waals surface area contributed by atoms with Crippen molar-refractivity contribution in [2.75, 3.05) is 46.4 Å². The maximum Gasteiger partial charge on any atom is 0.191 e. The van der Waals surface area contributed by atoms with Crippen LogP contribution in [0.1, 0.15) is 30.7 Å². The van der Waals surface area contributed by atoms with Gasteiger partial charge in [0.25, 0.3) is 0 Å². The van der Waals surface area contributed by atoms with E-state index in [4.69, 9.17) is 4.74 Å². The Balaban J connectivity index is 1.54. The first-order valence-electron chi connectivity index (χ1n) is 8.99. The number of hydrogen-bond donors (Lipinski definition) is 2. The summed E-state index contributed by atoms with van der Waals surface area (Å²) in [6.45, 7) is 11.0. The third-order valence-electron chi connectivity index (χ3n) is 4.21. The molecule has 0 bridgehead atoms. The highest BCUT2D eigenvalue weighted by molar-refractivity contribution is 7.10. The second-order valence-corrected chi connectivity index (χ2v) is 7.62. The molecule has 0 saturated carbocycles. The fourth-order valence-electron chi connectivity index (χ4n) is 2.71. The normalized spacial score (nSPS) is 15.6. The number of thiophene rings is 1. The lowest BCUT2D eigenvalue weighted by molar-refractivity contribution is 0.128. The predicted molar refractivity (Wildman–Crippen MR) is 103 cm³/mol. The van der Waals surface area contributed by atoms with Crippen molar-refractivity contribution < 1.29 is 4.74 Å². The summed E-state index contributed by atoms with van der Waals surface area (Å²) in [4.78, 5) is 8.33. The molecule has 24 heavy (non-hydrogen) atoms. The molecule has 0 fully saturated rings. The van der Waals surface area contributed by atoms with Crippen LogP contribution in [0.4, 0.5) is 0 Å². The highest BCUT2D eigenvalue weighted by Crippen LogP contribution is 2.23. The molecule has 0 aromatic carbocycles. The molecule has 1 aliphatic rings. The Labute approximate surface area is 150 Å². The van der Waals surface area contributed by atoms with E-state index in [-0.39, 0.29) is 0 Å². The first-order valence-corrected chi connectivity index (χ1v) is 9.87. The Morgan fingerprint density at radius 3 is 2.96 bits per heavy atom. The number of ether oxygens (including phenoxy) is 1. The molecule has 0 aliphatic carbocycles. The molecule has 2 heterocycles. The van der Waals surface area contributed by atoms with E-state index in [1.54, 1.807) is 4.88 Å². The second-order valence-electron chi connectivity index (χ2n) is 6.62. The summed E-state index contributed by atoms with van der Waals surface area (Å²) in [7, 11) is 1.81. The van der Waals surface area contributed by atoms with E-state index < -0.39 is 0 Å². The lowest BCUT2D eigenvalue weighted by Gasteiger charge is -2.27. The molecule has 136 valence electrons. The first kappa shape index (κ1) is 19.2. The molecule has 1 aromatic rings. The van der Waals surface area contributed by atoms with Gasteiger partial charge in [-0.1, -0.05) is 13.8 Å². The summed E-state index contributed by atoms with van der Waals surface area (Å²) in [6.07, 6.45) is 2.31. The van der Waals surface area contributed by atoms with Crippen molar-refractivity contribution in [2.24, 2.45) is 10.9 Å². The molecule has 0 saturated heterocycles. The topological polar surface area (TPSA) is 48.9 Å². The van der Waals surface area contributed by atoms with Crippen molar-refractivity contribution >= 4 is 17.3 Å². The summed E-state index contributed by atoms with van der Waals surface area (Å²) in [5.41, 5.74) is 1.51. The van der Waals surface area contributed by atoms with Crippen molar-refractivity contribution in [3.05, 3.63) is 21.9 Å². The van der Waals surface area contributed by atoms with Gasteiger partial charge in [0, 0.05) is 51.3 Å². The Kier molecular flexibility index (Phi) is 8.56. The van der Waals surface area contributed by atoms with Crippen molar-refractivity contribution in [1.29, 1.82) is 0 Å². The number of nitrogens with one attached hydrogen (secondary N) is 2. The number of nitrogens with zero attached hydrogens (tertiary/aromatic N) is 2. The lowest BCUT2D eigenvalue weighted by Crippen LogP contribution is -2.43. The van der Waals surface area contributed by atoms with Crippen LogP contribution in [0.3, 0.4) is 0 Å². The van der Waals surface area contributed by atoms with Gasteiger partial charge in [-0.3, -0.25) is 9.89 Å². The minimum Gasteiger partial charge on any atom is -0.380 e. The molecule has 0 radical (unpaired) electrons. The van der Waals surface area contributed by atoms with E-state index >= 15 is 0 Å². The third-order valence-corrected chi connectivity index (χ3v) is 5.23. The van der Waals surface area contributed by atoms with Crippen LogP contribution < -0.4 is 10.6 Å². The maximum absolute atomic E-state index is 5.61. The summed E-state index contributed by atoms with van der Waals surface area (Å²) in [5.74, 6) is 1.56. The van der Waals surface area contributed by atoms with Gasteiger partial charge in [-0.25, -0.2) is 0 Å². The zero-order valence-corrected chi connectivity index (χ0v) is 16.1. The van der Waals surface area contributed by atoms with Gasteiger partial charge in [-0.05, 0) is 35.8 Å². The monoisotopic (exact) mass is 352 g/mol.